The third-order valence-electron chi connectivity index (χ3n) is 6.44. The molecule has 32 heavy (non-hydrogen) atoms. The minimum absolute atomic E-state index is 0.0213. The molecule has 0 saturated heterocycles. The molecule has 0 spiro atoms. The summed E-state index contributed by atoms with van der Waals surface area (Å²) in [6.45, 7) is 27.4. The normalized spacial score (nSPS) is 13.9. The fourth-order valence-electron chi connectivity index (χ4n) is 4.93. The number of hydrogen-bond donors (Lipinski definition) is 1. The van der Waals surface area contributed by atoms with Gasteiger partial charge in [-0.2, -0.15) is 0 Å². The van der Waals surface area contributed by atoms with Gasteiger partial charge in [0.2, 0.25) is 0 Å². The molecule has 1 nitrogen and oxygen atoms in total. The van der Waals surface area contributed by atoms with Gasteiger partial charge >= 0.3 is 0 Å². The summed E-state index contributed by atoms with van der Waals surface area (Å²) in [7, 11) is -0.422. The first-order chi connectivity index (χ1) is 14.3. The van der Waals surface area contributed by atoms with Gasteiger partial charge in [0.05, 0.1) is 9.52 Å². The van der Waals surface area contributed by atoms with E-state index in [-0.39, 0.29) is 21.7 Å². The fourth-order valence-corrected chi connectivity index (χ4v) is 7.14. The van der Waals surface area contributed by atoms with Gasteiger partial charge in [0.15, 0.2) is 0 Å². The molecule has 0 aliphatic carbocycles. The van der Waals surface area contributed by atoms with Crippen LogP contribution >= 0.6 is 0 Å². The Bertz CT molecular complexity index is 941. The summed E-state index contributed by atoms with van der Waals surface area (Å²) in [6, 6.07) is 12.6. The van der Waals surface area contributed by atoms with Crippen molar-refractivity contribution in [3.05, 3.63) is 58.1 Å². The number of aryl methyl sites for hydroxylation is 1. The largest absolute Gasteiger partial charge is 0.508 e. The smallest absolute Gasteiger partial charge is 0.119 e. The van der Waals surface area contributed by atoms with Crippen LogP contribution in [0.15, 0.2) is 30.3 Å². The summed E-state index contributed by atoms with van der Waals surface area (Å²) in [5.74, 6) is 0.441. The highest BCUT2D eigenvalue weighted by atomic mass is 28.2. The van der Waals surface area contributed by atoms with Gasteiger partial charge in [-0.15, -0.1) is 0 Å². The summed E-state index contributed by atoms with van der Waals surface area (Å²) < 4.78 is 0. The van der Waals surface area contributed by atoms with E-state index in [9.17, 15) is 5.11 Å². The van der Waals surface area contributed by atoms with Gasteiger partial charge in [-0.05, 0) is 62.0 Å². The van der Waals surface area contributed by atoms with Gasteiger partial charge < -0.3 is 5.11 Å². The molecular formula is C30H48OSi. The van der Waals surface area contributed by atoms with E-state index in [1.54, 1.807) is 10.8 Å². The quantitative estimate of drug-likeness (QED) is 0.493. The third-order valence-corrected chi connectivity index (χ3v) is 8.27. The number of hydrogen-bond acceptors (Lipinski definition) is 1. The maximum Gasteiger partial charge on any atom is 0.119 e. The van der Waals surface area contributed by atoms with Crippen molar-refractivity contribution in [1.29, 1.82) is 0 Å². The molecule has 0 amide bonds. The fraction of sp³-hybridized carbons (Fsp3) is 0.600. The Morgan fingerprint density at radius 2 is 1.19 bits per heavy atom. The monoisotopic (exact) mass is 452 g/mol. The van der Waals surface area contributed by atoms with Crippen LogP contribution in [0.5, 0.6) is 5.75 Å². The minimum Gasteiger partial charge on any atom is -0.508 e. The summed E-state index contributed by atoms with van der Waals surface area (Å²) >= 11 is 0. The average molecular weight is 453 g/mol. The maximum atomic E-state index is 10.8. The van der Waals surface area contributed by atoms with Crippen molar-refractivity contribution in [3.8, 4) is 5.75 Å². The Hall–Kier alpha value is -1.54. The molecule has 178 valence electrons. The van der Waals surface area contributed by atoms with E-state index in [0.717, 1.165) is 12.0 Å². The van der Waals surface area contributed by atoms with E-state index >= 15 is 0 Å². The van der Waals surface area contributed by atoms with Crippen LogP contribution in [0, 0.1) is 0 Å². The first-order valence-electron chi connectivity index (χ1n) is 12.3. The molecule has 2 heteroatoms. The molecule has 0 bridgehead atoms. The highest BCUT2D eigenvalue weighted by molar-refractivity contribution is 6.54. The molecule has 2 rings (SSSR count). The van der Waals surface area contributed by atoms with Gasteiger partial charge in [0.25, 0.3) is 0 Å². The van der Waals surface area contributed by atoms with Gasteiger partial charge in [-0.1, -0.05) is 119 Å². The highest BCUT2D eigenvalue weighted by Gasteiger charge is 2.28. The number of phenolic OH excluding ortho intramolecular Hbond substituents is 1. The lowest BCUT2D eigenvalue weighted by Crippen LogP contribution is -2.33. The maximum absolute atomic E-state index is 10.8. The zero-order valence-electron chi connectivity index (χ0n) is 23.0. The van der Waals surface area contributed by atoms with E-state index in [1.807, 2.05) is 6.07 Å². The molecule has 0 aliphatic heterocycles. The zero-order chi connectivity index (χ0) is 24.7. The molecule has 0 saturated carbocycles. The van der Waals surface area contributed by atoms with Gasteiger partial charge in [-0.3, -0.25) is 0 Å². The number of phenols is 1. The Labute approximate surface area is 200 Å². The van der Waals surface area contributed by atoms with Crippen molar-refractivity contribution in [2.45, 2.75) is 117 Å². The van der Waals surface area contributed by atoms with Crippen LogP contribution in [0.25, 0.3) is 0 Å². The Morgan fingerprint density at radius 3 is 1.66 bits per heavy atom. The van der Waals surface area contributed by atoms with Crippen molar-refractivity contribution in [1.82, 2.24) is 0 Å². The molecular weight excluding hydrogens is 404 g/mol. The van der Waals surface area contributed by atoms with Crippen LogP contribution in [0.4, 0.5) is 0 Å². The second-order valence-corrected chi connectivity index (χ2v) is 15.7. The molecule has 2 aromatic carbocycles. The minimum atomic E-state index is -0.422. The molecule has 0 atom stereocenters. The Kier molecular flexibility index (Phi) is 7.52. The van der Waals surface area contributed by atoms with Crippen molar-refractivity contribution < 1.29 is 5.11 Å². The SMILES string of the molecule is CC(C)(C)c1cc(CC[SiH2]c2cccc(C(C)(C)C)c2C(C)(C)C)c(C(C)(C)C)cc1O. The highest BCUT2D eigenvalue weighted by Crippen LogP contribution is 2.38. The van der Waals surface area contributed by atoms with E-state index < -0.39 is 9.52 Å². The van der Waals surface area contributed by atoms with E-state index in [0.29, 0.717) is 5.75 Å². The first-order valence-corrected chi connectivity index (χ1v) is 14.0. The van der Waals surface area contributed by atoms with Crippen molar-refractivity contribution in [2.24, 2.45) is 0 Å². The number of aromatic hydroxyl groups is 1. The lowest BCUT2D eigenvalue weighted by molar-refractivity contribution is 0.442. The second-order valence-electron chi connectivity index (χ2n) is 13.7. The van der Waals surface area contributed by atoms with E-state index in [2.05, 4.69) is 107 Å². The molecule has 0 radical (unpaired) electrons. The van der Waals surface area contributed by atoms with Crippen LogP contribution < -0.4 is 5.19 Å². The van der Waals surface area contributed by atoms with Crippen LogP contribution in [0.3, 0.4) is 0 Å². The zero-order valence-corrected chi connectivity index (χ0v) is 24.4. The first kappa shape index (κ1) is 26.7. The topological polar surface area (TPSA) is 20.2 Å². The lowest BCUT2D eigenvalue weighted by atomic mass is 9.75. The summed E-state index contributed by atoms with van der Waals surface area (Å²) in [5, 5.41) is 12.4. The standard InChI is InChI=1S/C30H48OSi/c1-27(2,3)21-14-13-15-25(26(21)30(10,11)12)32-17-16-20-18-23(29(7,8)9)24(31)19-22(20)28(4,5)6/h13-15,18-19,31H,16-17,32H2,1-12H3. The molecule has 1 N–H and O–H groups in total. The van der Waals surface area contributed by atoms with E-state index in [1.165, 1.54) is 22.7 Å². The van der Waals surface area contributed by atoms with Crippen LogP contribution in [-0.2, 0) is 28.1 Å². The molecule has 0 aliphatic rings. The molecule has 0 aromatic heterocycles. The van der Waals surface area contributed by atoms with Crippen LogP contribution in [-0.4, -0.2) is 14.6 Å². The van der Waals surface area contributed by atoms with Crippen molar-refractivity contribution >= 4 is 14.7 Å². The Balaban J connectivity index is 2.43. The van der Waals surface area contributed by atoms with Gasteiger partial charge in [0, 0.05) is 0 Å². The number of benzene rings is 2. The second kappa shape index (κ2) is 9.01. The molecule has 0 fully saturated rings. The molecule has 0 unspecified atom stereocenters. The molecule has 2 aromatic rings. The Morgan fingerprint density at radius 1 is 0.656 bits per heavy atom. The summed E-state index contributed by atoms with van der Waals surface area (Å²) in [4.78, 5) is 0. The predicted octanol–water partition coefficient (Wildman–Crippen LogP) is 7.04. The van der Waals surface area contributed by atoms with E-state index in [4.69, 9.17) is 0 Å². The lowest BCUT2D eigenvalue weighted by Gasteiger charge is -2.32. The van der Waals surface area contributed by atoms with Crippen molar-refractivity contribution in [3.63, 3.8) is 0 Å². The van der Waals surface area contributed by atoms with Crippen LogP contribution in [0.1, 0.15) is 111 Å². The molecule has 0 heterocycles. The average Bonchev–Trinajstić information content (AvgIpc) is 2.59. The van der Waals surface area contributed by atoms with Crippen molar-refractivity contribution in [2.75, 3.05) is 0 Å². The summed E-state index contributed by atoms with van der Waals surface area (Å²) in [5.41, 5.74) is 7.12. The van der Waals surface area contributed by atoms with Gasteiger partial charge in [0.1, 0.15) is 5.75 Å². The van der Waals surface area contributed by atoms with Gasteiger partial charge in [-0.25, -0.2) is 0 Å². The predicted molar refractivity (Wildman–Crippen MR) is 146 cm³/mol. The number of rotatable bonds is 4. The van der Waals surface area contributed by atoms with Crippen LogP contribution in [0.2, 0.25) is 6.04 Å². The third kappa shape index (κ3) is 6.28. The summed E-state index contributed by atoms with van der Waals surface area (Å²) in [6.07, 6.45) is 1.09.